The zero-order valence-electron chi connectivity index (χ0n) is 15.1. The van der Waals surface area contributed by atoms with E-state index in [2.05, 4.69) is 22.4 Å². The molecule has 27 heavy (non-hydrogen) atoms. The molecule has 1 fully saturated rings. The molecule has 2 aliphatic heterocycles. The van der Waals surface area contributed by atoms with Crippen LogP contribution >= 0.6 is 23.1 Å². The summed E-state index contributed by atoms with van der Waals surface area (Å²) >= 11 is 3.77. The second-order valence-electron chi connectivity index (χ2n) is 6.83. The number of nitrogens with zero attached hydrogens (tertiary/aromatic N) is 1. The minimum atomic E-state index is -0.810. The third kappa shape index (κ3) is 4.39. The predicted octanol–water partition coefficient (Wildman–Crippen LogP) is 4.14. The normalized spacial score (nSPS) is 18.4. The molecule has 0 aliphatic carbocycles. The smallest absolute Gasteiger partial charge is 0.307 e. The van der Waals surface area contributed by atoms with Gasteiger partial charge in [-0.25, -0.2) is 0 Å². The minimum Gasteiger partial charge on any atom is -0.488 e. The average molecular weight is 402 g/mol. The average Bonchev–Trinajstić information content (AvgIpc) is 3.08. The summed E-state index contributed by atoms with van der Waals surface area (Å²) in [4.78, 5) is 14.9. The largest absolute Gasteiger partial charge is 0.488 e. The van der Waals surface area contributed by atoms with Crippen molar-refractivity contribution in [2.24, 2.45) is 0 Å². The summed E-state index contributed by atoms with van der Waals surface area (Å²) in [6.45, 7) is 3.96. The van der Waals surface area contributed by atoms with Crippen molar-refractivity contribution in [3.05, 3.63) is 57.3 Å². The Morgan fingerprint density at radius 2 is 2.11 bits per heavy atom. The molecule has 4 nitrogen and oxygen atoms in total. The molecular weight excluding hydrogens is 378 g/mol. The molecule has 3 heterocycles. The summed E-state index contributed by atoms with van der Waals surface area (Å²) in [5.74, 6) is 2.48. The third-order valence-corrected chi connectivity index (χ3v) is 6.89. The molecule has 1 saturated heterocycles. The predicted molar refractivity (Wildman–Crippen MR) is 112 cm³/mol. The SMILES string of the molecule is O=C(O)Cc1ccc2c(c1)C(=CCCN1CCSCC1)c1sccc1CO2. The van der Waals surface area contributed by atoms with Crippen molar-refractivity contribution in [1.82, 2.24) is 4.90 Å². The van der Waals surface area contributed by atoms with Gasteiger partial charge in [0, 0.05) is 47.1 Å². The Morgan fingerprint density at radius 3 is 2.93 bits per heavy atom. The number of hydrogen-bond acceptors (Lipinski definition) is 5. The number of carboxylic acid groups (broad SMARTS) is 1. The molecule has 2 aromatic rings. The van der Waals surface area contributed by atoms with Gasteiger partial charge >= 0.3 is 5.97 Å². The maximum atomic E-state index is 11.1. The van der Waals surface area contributed by atoms with E-state index in [-0.39, 0.29) is 6.42 Å². The number of carbonyl (C=O) groups is 1. The van der Waals surface area contributed by atoms with E-state index in [0.717, 1.165) is 29.8 Å². The van der Waals surface area contributed by atoms with Crippen molar-refractivity contribution < 1.29 is 14.6 Å². The second-order valence-corrected chi connectivity index (χ2v) is 8.97. The molecule has 1 aromatic heterocycles. The molecule has 1 aromatic carbocycles. The number of rotatable bonds is 5. The molecular formula is C21H23NO3S2. The summed E-state index contributed by atoms with van der Waals surface area (Å²) in [5.41, 5.74) is 4.22. The van der Waals surface area contributed by atoms with Crippen LogP contribution in [0.5, 0.6) is 5.75 Å². The van der Waals surface area contributed by atoms with E-state index in [4.69, 9.17) is 9.84 Å². The Balaban J connectivity index is 1.64. The summed E-state index contributed by atoms with van der Waals surface area (Å²) in [5, 5.41) is 11.3. The number of aliphatic carboxylic acids is 1. The topological polar surface area (TPSA) is 49.8 Å². The number of benzene rings is 1. The van der Waals surface area contributed by atoms with Crippen LogP contribution in [0.1, 0.15) is 28.0 Å². The molecule has 0 unspecified atom stereocenters. The lowest BCUT2D eigenvalue weighted by atomic mass is 9.97. The first-order valence-corrected chi connectivity index (χ1v) is 11.3. The standard InChI is InChI=1S/C21H23NO3S2/c23-20(24)13-15-3-4-19-18(12-15)17(21-16(14-25-19)5-9-27-21)2-1-6-22-7-10-26-11-8-22/h2-5,9,12H,1,6-8,10-11,13-14H2,(H,23,24). The number of thiophene rings is 1. The first-order chi connectivity index (χ1) is 13.2. The summed E-state index contributed by atoms with van der Waals surface area (Å²) in [6.07, 6.45) is 3.33. The molecule has 0 radical (unpaired) electrons. The van der Waals surface area contributed by atoms with E-state index in [1.807, 2.05) is 30.0 Å². The van der Waals surface area contributed by atoms with Crippen LogP contribution in [0.25, 0.3) is 5.57 Å². The van der Waals surface area contributed by atoms with Gasteiger partial charge < -0.3 is 14.7 Å². The molecule has 0 amide bonds. The van der Waals surface area contributed by atoms with Gasteiger partial charge in [-0.1, -0.05) is 12.1 Å². The Bertz CT molecular complexity index is 853. The fourth-order valence-corrected chi connectivity index (χ4v) is 5.53. The van der Waals surface area contributed by atoms with Crippen LogP contribution in [-0.4, -0.2) is 47.1 Å². The molecule has 142 valence electrons. The van der Waals surface area contributed by atoms with Gasteiger partial charge in [0.25, 0.3) is 0 Å². The first kappa shape index (κ1) is 18.6. The van der Waals surface area contributed by atoms with E-state index >= 15 is 0 Å². The number of ether oxygens (including phenoxy) is 1. The van der Waals surface area contributed by atoms with E-state index < -0.39 is 5.97 Å². The van der Waals surface area contributed by atoms with Gasteiger partial charge in [-0.05, 0) is 41.1 Å². The van der Waals surface area contributed by atoms with Gasteiger partial charge in [0.05, 0.1) is 6.42 Å². The van der Waals surface area contributed by atoms with Gasteiger partial charge in [-0.15, -0.1) is 11.3 Å². The quantitative estimate of drug-likeness (QED) is 0.816. The monoisotopic (exact) mass is 401 g/mol. The van der Waals surface area contributed by atoms with Crippen molar-refractivity contribution in [2.75, 3.05) is 31.1 Å². The molecule has 0 saturated carbocycles. The summed E-state index contributed by atoms with van der Waals surface area (Å²) in [7, 11) is 0. The summed E-state index contributed by atoms with van der Waals surface area (Å²) in [6, 6.07) is 7.89. The molecule has 2 aliphatic rings. The first-order valence-electron chi connectivity index (χ1n) is 9.25. The maximum Gasteiger partial charge on any atom is 0.307 e. The second kappa shape index (κ2) is 8.50. The fourth-order valence-electron chi connectivity index (χ4n) is 3.58. The Hall–Kier alpha value is -1.76. The molecule has 6 heteroatoms. The van der Waals surface area contributed by atoms with Gasteiger partial charge in [0.2, 0.25) is 0 Å². The molecule has 0 atom stereocenters. The van der Waals surface area contributed by atoms with E-state index in [1.54, 1.807) is 11.3 Å². The van der Waals surface area contributed by atoms with Gasteiger partial charge in [0.1, 0.15) is 12.4 Å². The molecule has 0 spiro atoms. The van der Waals surface area contributed by atoms with Crippen LogP contribution in [0, 0.1) is 0 Å². The highest BCUT2D eigenvalue weighted by atomic mass is 32.2. The lowest BCUT2D eigenvalue weighted by molar-refractivity contribution is -0.136. The highest BCUT2D eigenvalue weighted by Gasteiger charge is 2.21. The van der Waals surface area contributed by atoms with Crippen molar-refractivity contribution in [3.8, 4) is 5.75 Å². The van der Waals surface area contributed by atoms with Crippen LogP contribution in [0.15, 0.2) is 35.7 Å². The van der Waals surface area contributed by atoms with Crippen molar-refractivity contribution >= 4 is 34.6 Å². The number of carboxylic acids is 1. The maximum absolute atomic E-state index is 11.1. The van der Waals surface area contributed by atoms with Crippen LogP contribution in [-0.2, 0) is 17.8 Å². The van der Waals surface area contributed by atoms with Crippen LogP contribution in [0.4, 0.5) is 0 Å². The van der Waals surface area contributed by atoms with Gasteiger partial charge in [-0.3, -0.25) is 4.79 Å². The van der Waals surface area contributed by atoms with Crippen molar-refractivity contribution in [2.45, 2.75) is 19.4 Å². The lowest BCUT2D eigenvalue weighted by Gasteiger charge is -2.25. The minimum absolute atomic E-state index is 0.0311. The van der Waals surface area contributed by atoms with E-state index in [9.17, 15) is 4.79 Å². The van der Waals surface area contributed by atoms with Crippen molar-refractivity contribution in [3.63, 3.8) is 0 Å². The fraction of sp³-hybridized carbons (Fsp3) is 0.381. The Morgan fingerprint density at radius 1 is 1.26 bits per heavy atom. The number of fused-ring (bicyclic) bond motifs is 2. The zero-order chi connectivity index (χ0) is 18.6. The molecule has 0 bridgehead atoms. The van der Waals surface area contributed by atoms with Crippen LogP contribution < -0.4 is 4.74 Å². The highest BCUT2D eigenvalue weighted by Crippen LogP contribution is 2.40. The van der Waals surface area contributed by atoms with E-state index in [0.29, 0.717) is 6.61 Å². The van der Waals surface area contributed by atoms with Gasteiger partial charge in [0.15, 0.2) is 0 Å². The Kier molecular flexibility index (Phi) is 5.86. The van der Waals surface area contributed by atoms with E-state index in [1.165, 1.54) is 40.6 Å². The zero-order valence-corrected chi connectivity index (χ0v) is 16.8. The third-order valence-electron chi connectivity index (χ3n) is 4.96. The van der Waals surface area contributed by atoms with Crippen molar-refractivity contribution in [1.29, 1.82) is 0 Å². The summed E-state index contributed by atoms with van der Waals surface area (Å²) < 4.78 is 6.03. The molecule has 4 rings (SSSR count). The Labute approximate surface area is 167 Å². The number of thioether (sulfide) groups is 1. The van der Waals surface area contributed by atoms with Gasteiger partial charge in [-0.2, -0.15) is 11.8 Å². The number of hydrogen-bond donors (Lipinski definition) is 1. The van der Waals surface area contributed by atoms with Crippen LogP contribution in [0.3, 0.4) is 0 Å². The molecule has 1 N–H and O–H groups in total. The highest BCUT2D eigenvalue weighted by molar-refractivity contribution is 7.99. The van der Waals surface area contributed by atoms with Crippen LogP contribution in [0.2, 0.25) is 0 Å². The lowest BCUT2D eigenvalue weighted by Crippen LogP contribution is -2.33.